The molecule has 0 spiro atoms. The largest absolute Gasteiger partial charge is 0.350 e. The number of rotatable bonds is 7. The number of carbonyl (C=O) groups is 1. The smallest absolute Gasteiger partial charge is 0.273 e. The van der Waals surface area contributed by atoms with Crippen LogP contribution in [-0.2, 0) is 24.4 Å². The van der Waals surface area contributed by atoms with Crippen molar-refractivity contribution in [2.75, 3.05) is 11.9 Å². The van der Waals surface area contributed by atoms with E-state index in [-0.39, 0.29) is 18.0 Å². The predicted octanol–water partition coefficient (Wildman–Crippen LogP) is 3.11. The Morgan fingerprint density at radius 3 is 2.58 bits per heavy atom. The molecule has 0 radical (unpaired) electrons. The molecule has 158 valence electrons. The van der Waals surface area contributed by atoms with Crippen molar-refractivity contribution in [2.24, 2.45) is 0 Å². The Hall–Kier alpha value is -3.52. The summed E-state index contributed by atoms with van der Waals surface area (Å²) >= 11 is 1.29. The average molecular weight is 434 g/mol. The van der Waals surface area contributed by atoms with Gasteiger partial charge in [0.2, 0.25) is 5.91 Å². The van der Waals surface area contributed by atoms with Gasteiger partial charge in [-0.3, -0.25) is 14.2 Å². The Morgan fingerprint density at radius 2 is 1.84 bits per heavy atom. The van der Waals surface area contributed by atoms with Gasteiger partial charge in [-0.2, -0.15) is 4.98 Å². The van der Waals surface area contributed by atoms with E-state index in [0.717, 1.165) is 11.1 Å². The van der Waals surface area contributed by atoms with Crippen molar-refractivity contribution in [3.8, 4) is 0 Å². The number of aromatic nitrogens is 3. The number of nitrogens with one attached hydrogen (secondary N) is 1. The first kappa shape index (κ1) is 20.7. The Labute approximate surface area is 184 Å². The molecule has 31 heavy (non-hydrogen) atoms. The number of aryl methyl sites for hydroxylation is 1. The molecule has 8 heteroatoms. The summed E-state index contributed by atoms with van der Waals surface area (Å²) in [5, 5.41) is 3.56. The number of hydrogen-bond acceptors (Lipinski definition) is 6. The molecule has 0 saturated carbocycles. The number of hydrogen-bond donors (Lipinski definition) is 1. The minimum absolute atomic E-state index is 0.0826. The molecule has 2 aromatic carbocycles. The minimum Gasteiger partial charge on any atom is -0.350 e. The third-order valence-corrected chi connectivity index (χ3v) is 6.03. The van der Waals surface area contributed by atoms with E-state index in [1.54, 1.807) is 0 Å². The van der Waals surface area contributed by atoms with Crippen LogP contribution >= 0.6 is 11.3 Å². The highest BCUT2D eigenvalue weighted by molar-refractivity contribution is 7.22. The van der Waals surface area contributed by atoms with E-state index in [2.05, 4.69) is 15.3 Å². The number of nitrogens with zero attached hydrogens (tertiary/aromatic N) is 4. The van der Waals surface area contributed by atoms with Crippen LogP contribution in [0.15, 0.2) is 65.7 Å². The van der Waals surface area contributed by atoms with Gasteiger partial charge in [0.1, 0.15) is 17.6 Å². The van der Waals surface area contributed by atoms with Crippen LogP contribution in [0.25, 0.3) is 10.3 Å². The van der Waals surface area contributed by atoms with E-state index in [1.807, 2.05) is 73.5 Å². The summed E-state index contributed by atoms with van der Waals surface area (Å²) in [4.78, 5) is 36.0. The van der Waals surface area contributed by atoms with Gasteiger partial charge in [-0.25, -0.2) is 4.98 Å². The number of fused-ring (bicyclic) bond motifs is 1. The second-order valence-corrected chi connectivity index (χ2v) is 8.41. The fourth-order valence-corrected chi connectivity index (χ4v) is 4.08. The monoisotopic (exact) mass is 433 g/mol. The van der Waals surface area contributed by atoms with Crippen molar-refractivity contribution >= 4 is 32.7 Å². The van der Waals surface area contributed by atoms with Crippen LogP contribution in [0.1, 0.15) is 16.7 Å². The molecule has 0 fully saturated rings. The molecule has 0 unspecified atom stereocenters. The summed E-state index contributed by atoms with van der Waals surface area (Å²) in [6.07, 6.45) is 1.39. The Morgan fingerprint density at radius 1 is 1.10 bits per heavy atom. The number of benzene rings is 2. The van der Waals surface area contributed by atoms with Gasteiger partial charge in [-0.1, -0.05) is 71.5 Å². The third kappa shape index (κ3) is 4.97. The number of amides is 1. The molecule has 1 N–H and O–H groups in total. The molecule has 0 aliphatic rings. The fraction of sp³-hybridized carbons (Fsp3) is 0.217. The van der Waals surface area contributed by atoms with E-state index in [1.165, 1.54) is 27.8 Å². The predicted molar refractivity (Wildman–Crippen MR) is 123 cm³/mol. The van der Waals surface area contributed by atoms with Crippen molar-refractivity contribution in [1.29, 1.82) is 0 Å². The van der Waals surface area contributed by atoms with Gasteiger partial charge in [0.05, 0.1) is 0 Å². The second-order valence-electron chi connectivity index (χ2n) is 7.43. The van der Waals surface area contributed by atoms with Gasteiger partial charge in [0.15, 0.2) is 10.8 Å². The maximum absolute atomic E-state index is 12.9. The lowest BCUT2D eigenvalue weighted by Crippen LogP contribution is -2.31. The summed E-state index contributed by atoms with van der Waals surface area (Å²) in [5.74, 6) is -0.241. The Bertz CT molecular complexity index is 1250. The van der Waals surface area contributed by atoms with Crippen molar-refractivity contribution in [3.63, 3.8) is 0 Å². The third-order valence-electron chi connectivity index (χ3n) is 4.89. The van der Waals surface area contributed by atoms with Gasteiger partial charge in [-0.15, -0.1) is 0 Å². The first-order chi connectivity index (χ1) is 15.0. The lowest BCUT2D eigenvalue weighted by atomic mass is 10.1. The SMILES string of the molecule is Cc1ccc(CNC(=O)Cn2cnc3nc(N(C)Cc4ccccc4)sc3c2=O)cc1. The van der Waals surface area contributed by atoms with E-state index in [0.29, 0.717) is 28.6 Å². The second kappa shape index (κ2) is 9.09. The quantitative estimate of drug-likeness (QED) is 0.484. The molecule has 0 bridgehead atoms. The molecule has 2 aromatic heterocycles. The van der Waals surface area contributed by atoms with Gasteiger partial charge in [0.25, 0.3) is 5.56 Å². The van der Waals surface area contributed by atoms with Gasteiger partial charge in [-0.05, 0) is 18.1 Å². The lowest BCUT2D eigenvalue weighted by Gasteiger charge is -2.15. The summed E-state index contributed by atoms with van der Waals surface area (Å²) in [6.45, 7) is 3.03. The zero-order chi connectivity index (χ0) is 21.8. The van der Waals surface area contributed by atoms with Gasteiger partial charge < -0.3 is 10.2 Å². The van der Waals surface area contributed by atoms with Crippen LogP contribution < -0.4 is 15.8 Å². The molecule has 2 heterocycles. The van der Waals surface area contributed by atoms with Crippen molar-refractivity contribution in [3.05, 3.63) is 88.0 Å². The van der Waals surface area contributed by atoms with E-state index < -0.39 is 0 Å². The maximum atomic E-state index is 12.9. The fourth-order valence-electron chi connectivity index (χ4n) is 3.15. The normalized spacial score (nSPS) is 10.9. The molecular weight excluding hydrogens is 410 g/mol. The molecular formula is C23H23N5O2S. The van der Waals surface area contributed by atoms with Crippen LogP contribution in [-0.4, -0.2) is 27.5 Å². The van der Waals surface area contributed by atoms with E-state index in [4.69, 9.17) is 0 Å². The van der Waals surface area contributed by atoms with Crippen LogP contribution in [0.3, 0.4) is 0 Å². The molecule has 1 amide bonds. The topological polar surface area (TPSA) is 80.1 Å². The van der Waals surface area contributed by atoms with Crippen molar-refractivity contribution in [2.45, 2.75) is 26.6 Å². The van der Waals surface area contributed by atoms with Crippen LogP contribution in [0.4, 0.5) is 5.13 Å². The van der Waals surface area contributed by atoms with Crippen LogP contribution in [0, 0.1) is 6.92 Å². The standard InChI is InChI=1S/C23H23N5O2S/c1-16-8-10-17(11-9-16)12-24-19(29)14-28-15-25-21-20(22(28)30)31-23(26-21)27(2)13-18-6-4-3-5-7-18/h3-11,15H,12-14H2,1-2H3,(H,24,29). The summed E-state index contributed by atoms with van der Waals surface area (Å²) in [5.41, 5.74) is 3.47. The number of carbonyl (C=O) groups excluding carboxylic acids is 1. The van der Waals surface area contributed by atoms with E-state index >= 15 is 0 Å². The number of anilines is 1. The van der Waals surface area contributed by atoms with Crippen LogP contribution in [0.2, 0.25) is 0 Å². The lowest BCUT2D eigenvalue weighted by molar-refractivity contribution is -0.121. The molecule has 4 rings (SSSR count). The Balaban J connectivity index is 1.45. The minimum atomic E-state index is -0.257. The van der Waals surface area contributed by atoms with Crippen molar-refractivity contribution in [1.82, 2.24) is 19.9 Å². The molecule has 0 aliphatic heterocycles. The average Bonchev–Trinajstić information content (AvgIpc) is 3.22. The molecule has 7 nitrogen and oxygen atoms in total. The molecule has 0 aliphatic carbocycles. The molecule has 0 saturated heterocycles. The first-order valence-electron chi connectivity index (χ1n) is 9.93. The molecule has 4 aromatic rings. The highest BCUT2D eigenvalue weighted by Gasteiger charge is 2.15. The van der Waals surface area contributed by atoms with Gasteiger partial charge >= 0.3 is 0 Å². The van der Waals surface area contributed by atoms with Crippen LogP contribution in [0.5, 0.6) is 0 Å². The zero-order valence-corrected chi connectivity index (χ0v) is 18.2. The summed E-state index contributed by atoms with van der Waals surface area (Å²) in [6, 6.07) is 18.0. The summed E-state index contributed by atoms with van der Waals surface area (Å²) in [7, 11) is 1.93. The van der Waals surface area contributed by atoms with Crippen molar-refractivity contribution < 1.29 is 4.79 Å². The molecule has 0 atom stereocenters. The Kier molecular flexibility index (Phi) is 6.08. The highest BCUT2D eigenvalue weighted by Crippen LogP contribution is 2.25. The van der Waals surface area contributed by atoms with Gasteiger partial charge in [0, 0.05) is 20.1 Å². The van der Waals surface area contributed by atoms with E-state index in [9.17, 15) is 9.59 Å². The first-order valence-corrected chi connectivity index (χ1v) is 10.7. The highest BCUT2D eigenvalue weighted by atomic mass is 32.1. The summed E-state index contributed by atoms with van der Waals surface area (Å²) < 4.78 is 1.77. The number of thiazole rings is 1. The zero-order valence-electron chi connectivity index (χ0n) is 17.4. The maximum Gasteiger partial charge on any atom is 0.273 e.